The maximum absolute atomic E-state index is 11.0. The van der Waals surface area contributed by atoms with Gasteiger partial charge in [-0.1, -0.05) is 49.4 Å². The first-order valence-corrected chi connectivity index (χ1v) is 5.64. The third-order valence-corrected chi connectivity index (χ3v) is 2.81. The van der Waals surface area contributed by atoms with Gasteiger partial charge in [0.1, 0.15) is 0 Å². The highest BCUT2D eigenvalue weighted by Gasteiger charge is 2.05. The number of carboxylic acids is 1. The number of hydrogen-bond donors (Lipinski definition) is 1. The highest BCUT2D eigenvalue weighted by Crippen LogP contribution is 2.21. The van der Waals surface area contributed by atoms with E-state index in [4.69, 9.17) is 5.11 Å². The Morgan fingerprint density at radius 2 is 1.88 bits per heavy atom. The first-order chi connectivity index (χ1) is 8.22. The lowest BCUT2D eigenvalue weighted by Crippen LogP contribution is -1.98. The van der Waals surface area contributed by atoms with E-state index in [1.165, 1.54) is 0 Å². The van der Waals surface area contributed by atoms with Crippen LogP contribution in [0.3, 0.4) is 0 Å². The molecule has 0 unspecified atom stereocenters. The molecule has 0 atom stereocenters. The van der Waals surface area contributed by atoms with Crippen LogP contribution in [0.2, 0.25) is 0 Å². The lowest BCUT2D eigenvalue weighted by atomic mass is 10.0. The summed E-state index contributed by atoms with van der Waals surface area (Å²) in [5.74, 6) is -0.847. The summed E-state index contributed by atoms with van der Waals surface area (Å²) in [5.41, 5.74) is 1.39. The summed E-state index contributed by atoms with van der Waals surface area (Å²) in [7, 11) is 0. The molecule has 0 amide bonds. The van der Waals surface area contributed by atoms with Crippen LogP contribution in [-0.4, -0.2) is 11.1 Å². The molecule has 0 bridgehead atoms. The van der Waals surface area contributed by atoms with Crippen LogP contribution in [-0.2, 0) is 4.79 Å². The second-order valence-corrected chi connectivity index (χ2v) is 3.90. The minimum absolute atomic E-state index is 0.432. The molecule has 0 radical (unpaired) electrons. The Balaban J connectivity index is 2.59. The van der Waals surface area contributed by atoms with Gasteiger partial charge in [-0.05, 0) is 28.8 Å². The van der Waals surface area contributed by atoms with Crippen molar-refractivity contribution in [3.8, 4) is 0 Å². The maximum Gasteiger partial charge on any atom is 0.331 e. The summed E-state index contributed by atoms with van der Waals surface area (Å²) < 4.78 is 0. The van der Waals surface area contributed by atoms with Crippen molar-refractivity contribution in [1.29, 1.82) is 0 Å². The smallest absolute Gasteiger partial charge is 0.331 e. The third-order valence-electron chi connectivity index (χ3n) is 2.81. The number of rotatable bonds is 3. The van der Waals surface area contributed by atoms with Gasteiger partial charge in [0.25, 0.3) is 0 Å². The van der Waals surface area contributed by atoms with Gasteiger partial charge in [-0.3, -0.25) is 0 Å². The Morgan fingerprint density at radius 3 is 2.59 bits per heavy atom. The van der Waals surface area contributed by atoms with Gasteiger partial charge < -0.3 is 5.11 Å². The van der Waals surface area contributed by atoms with E-state index >= 15 is 0 Å². The second kappa shape index (κ2) is 4.83. The van der Waals surface area contributed by atoms with E-state index in [1.54, 1.807) is 6.08 Å². The molecule has 2 rings (SSSR count). The van der Waals surface area contributed by atoms with Gasteiger partial charge in [-0.15, -0.1) is 0 Å². The second-order valence-electron chi connectivity index (χ2n) is 3.90. The normalized spacial score (nSPS) is 11.7. The summed E-state index contributed by atoms with van der Waals surface area (Å²) >= 11 is 0. The van der Waals surface area contributed by atoms with E-state index in [0.717, 1.165) is 16.3 Å². The minimum atomic E-state index is -0.847. The summed E-state index contributed by atoms with van der Waals surface area (Å²) in [6.07, 6.45) is 2.28. The summed E-state index contributed by atoms with van der Waals surface area (Å²) in [6.45, 7) is 1.85. The van der Waals surface area contributed by atoms with Gasteiger partial charge in [0.2, 0.25) is 0 Å². The van der Waals surface area contributed by atoms with E-state index in [2.05, 4.69) is 0 Å². The van der Waals surface area contributed by atoms with Crippen molar-refractivity contribution in [2.75, 3.05) is 0 Å². The Morgan fingerprint density at radius 1 is 1.18 bits per heavy atom. The van der Waals surface area contributed by atoms with Crippen LogP contribution in [0.4, 0.5) is 0 Å². The molecule has 2 heteroatoms. The third kappa shape index (κ3) is 2.36. The van der Waals surface area contributed by atoms with Crippen LogP contribution in [0.5, 0.6) is 0 Å². The number of fused-ring (bicyclic) bond motifs is 1. The maximum atomic E-state index is 11.0. The molecule has 0 fully saturated rings. The van der Waals surface area contributed by atoms with Gasteiger partial charge in [0, 0.05) is 5.57 Å². The standard InChI is InChI=1S/C15H14O2/c1-2-11(15(16)17)10-13-8-5-7-12-6-3-4-9-14(12)13/h3-10H,2H2,1H3,(H,16,17)/b11-10+. The predicted molar refractivity (Wildman–Crippen MR) is 69.9 cm³/mol. The molecular weight excluding hydrogens is 212 g/mol. The van der Waals surface area contributed by atoms with Crippen molar-refractivity contribution in [1.82, 2.24) is 0 Å². The Bertz CT molecular complexity index is 577. The van der Waals surface area contributed by atoms with Crippen molar-refractivity contribution < 1.29 is 9.90 Å². The molecule has 0 aliphatic heterocycles. The topological polar surface area (TPSA) is 37.3 Å². The highest BCUT2D eigenvalue weighted by atomic mass is 16.4. The fourth-order valence-electron chi connectivity index (χ4n) is 1.88. The van der Waals surface area contributed by atoms with Crippen LogP contribution in [0.15, 0.2) is 48.0 Å². The number of benzene rings is 2. The molecule has 0 saturated carbocycles. The fourth-order valence-corrected chi connectivity index (χ4v) is 1.88. The van der Waals surface area contributed by atoms with Gasteiger partial charge in [-0.2, -0.15) is 0 Å². The zero-order valence-electron chi connectivity index (χ0n) is 9.68. The molecule has 0 aromatic heterocycles. The van der Waals surface area contributed by atoms with Gasteiger partial charge >= 0.3 is 5.97 Å². The van der Waals surface area contributed by atoms with Gasteiger partial charge in [0.05, 0.1) is 0 Å². The first kappa shape index (κ1) is 11.4. The number of carbonyl (C=O) groups is 1. The van der Waals surface area contributed by atoms with Crippen LogP contribution in [0, 0.1) is 0 Å². The number of hydrogen-bond acceptors (Lipinski definition) is 1. The summed E-state index contributed by atoms with van der Waals surface area (Å²) in [5, 5.41) is 11.3. The van der Waals surface area contributed by atoms with E-state index in [-0.39, 0.29) is 0 Å². The van der Waals surface area contributed by atoms with Crippen LogP contribution >= 0.6 is 0 Å². The largest absolute Gasteiger partial charge is 0.478 e. The SMILES string of the molecule is CC/C(=C\c1cccc2ccccc12)C(=O)O. The molecule has 2 aromatic rings. The Labute approximate surface area is 100 Å². The van der Waals surface area contributed by atoms with E-state index in [1.807, 2.05) is 49.4 Å². The summed E-state index contributed by atoms with van der Waals surface area (Å²) in [6, 6.07) is 13.9. The van der Waals surface area contributed by atoms with Gasteiger partial charge in [-0.25, -0.2) is 4.79 Å². The number of aliphatic carboxylic acids is 1. The predicted octanol–water partition coefficient (Wildman–Crippen LogP) is 3.72. The lowest BCUT2D eigenvalue weighted by molar-refractivity contribution is -0.132. The highest BCUT2D eigenvalue weighted by molar-refractivity contribution is 5.97. The first-order valence-electron chi connectivity index (χ1n) is 5.64. The Kier molecular flexibility index (Phi) is 3.24. The van der Waals surface area contributed by atoms with Crippen molar-refractivity contribution in [2.45, 2.75) is 13.3 Å². The molecular formula is C15H14O2. The monoisotopic (exact) mass is 226 g/mol. The zero-order valence-corrected chi connectivity index (χ0v) is 9.68. The molecule has 86 valence electrons. The van der Waals surface area contributed by atoms with Crippen molar-refractivity contribution in [3.05, 3.63) is 53.6 Å². The average Bonchev–Trinajstić information content (AvgIpc) is 2.35. The minimum Gasteiger partial charge on any atom is -0.478 e. The molecule has 0 spiro atoms. The quantitative estimate of drug-likeness (QED) is 0.810. The number of carboxylic acid groups (broad SMARTS) is 1. The van der Waals surface area contributed by atoms with E-state index < -0.39 is 5.97 Å². The molecule has 0 aliphatic rings. The van der Waals surface area contributed by atoms with Crippen LogP contribution in [0.1, 0.15) is 18.9 Å². The average molecular weight is 226 g/mol. The van der Waals surface area contributed by atoms with Gasteiger partial charge in [0.15, 0.2) is 0 Å². The van der Waals surface area contributed by atoms with Crippen molar-refractivity contribution >= 4 is 22.8 Å². The molecule has 1 N–H and O–H groups in total. The van der Waals surface area contributed by atoms with E-state index in [9.17, 15) is 4.79 Å². The van der Waals surface area contributed by atoms with Crippen molar-refractivity contribution in [3.63, 3.8) is 0 Å². The lowest BCUT2D eigenvalue weighted by Gasteiger charge is -2.03. The van der Waals surface area contributed by atoms with Crippen LogP contribution < -0.4 is 0 Å². The molecule has 2 aromatic carbocycles. The molecule has 0 aliphatic carbocycles. The Hall–Kier alpha value is -2.09. The molecule has 0 saturated heterocycles. The van der Waals surface area contributed by atoms with Crippen molar-refractivity contribution in [2.24, 2.45) is 0 Å². The summed E-state index contributed by atoms with van der Waals surface area (Å²) in [4.78, 5) is 11.0. The van der Waals surface area contributed by atoms with Crippen LogP contribution in [0.25, 0.3) is 16.8 Å². The fraction of sp³-hybridized carbons (Fsp3) is 0.133. The van der Waals surface area contributed by atoms with E-state index in [0.29, 0.717) is 12.0 Å². The zero-order chi connectivity index (χ0) is 12.3. The molecule has 2 nitrogen and oxygen atoms in total. The molecule has 17 heavy (non-hydrogen) atoms. The molecule has 0 heterocycles.